The average molecular weight is 334 g/mol. The van der Waals surface area contributed by atoms with E-state index in [2.05, 4.69) is 4.98 Å². The van der Waals surface area contributed by atoms with Crippen LogP contribution in [-0.4, -0.2) is 11.0 Å². The van der Waals surface area contributed by atoms with Crippen LogP contribution in [0.5, 0.6) is 0 Å². The van der Waals surface area contributed by atoms with Gasteiger partial charge in [-0.05, 0) is 29.3 Å². The summed E-state index contributed by atoms with van der Waals surface area (Å²) in [5, 5.41) is 1.97. The van der Waals surface area contributed by atoms with Gasteiger partial charge in [0.05, 0.1) is 16.5 Å². The molecule has 1 N–H and O–H groups in total. The van der Waals surface area contributed by atoms with Crippen molar-refractivity contribution in [2.24, 2.45) is 0 Å². The molecule has 0 bridgehead atoms. The van der Waals surface area contributed by atoms with Crippen molar-refractivity contribution >= 4 is 40.1 Å². The molecule has 2 aromatic carbocycles. The lowest BCUT2D eigenvalue weighted by Crippen LogP contribution is -2.07. The summed E-state index contributed by atoms with van der Waals surface area (Å²) in [4.78, 5) is 15.1. The van der Waals surface area contributed by atoms with Crippen LogP contribution in [0.1, 0.15) is 11.1 Å². The predicted molar refractivity (Wildman–Crippen MR) is 88.3 cm³/mol. The number of rotatable bonds is 4. The van der Waals surface area contributed by atoms with E-state index in [-0.39, 0.29) is 19.0 Å². The minimum Gasteiger partial charge on any atom is -0.461 e. The van der Waals surface area contributed by atoms with E-state index in [4.69, 9.17) is 27.9 Å². The second kappa shape index (κ2) is 6.42. The summed E-state index contributed by atoms with van der Waals surface area (Å²) in [6.45, 7) is 0.179. The first-order chi connectivity index (χ1) is 10.6. The van der Waals surface area contributed by atoms with Crippen LogP contribution < -0.4 is 0 Å². The van der Waals surface area contributed by atoms with Crippen molar-refractivity contribution in [3.8, 4) is 0 Å². The van der Waals surface area contributed by atoms with E-state index >= 15 is 0 Å². The number of carbonyl (C=O) groups excluding carboxylic acids is 1. The first kappa shape index (κ1) is 14.9. The maximum atomic E-state index is 12.0. The lowest BCUT2D eigenvalue weighted by Gasteiger charge is -2.06. The van der Waals surface area contributed by atoms with Crippen LogP contribution >= 0.6 is 23.2 Å². The highest BCUT2D eigenvalue weighted by Crippen LogP contribution is 2.23. The van der Waals surface area contributed by atoms with E-state index in [1.165, 1.54) is 0 Å². The Labute approximate surface area is 137 Å². The molecule has 0 aliphatic rings. The number of esters is 1. The van der Waals surface area contributed by atoms with Crippen LogP contribution in [-0.2, 0) is 22.6 Å². The summed E-state index contributed by atoms with van der Waals surface area (Å²) in [7, 11) is 0. The molecule has 22 heavy (non-hydrogen) atoms. The Morgan fingerprint density at radius 1 is 1.09 bits per heavy atom. The van der Waals surface area contributed by atoms with E-state index in [1.807, 2.05) is 30.5 Å². The van der Waals surface area contributed by atoms with Gasteiger partial charge in [0, 0.05) is 17.1 Å². The number of para-hydroxylation sites is 1. The van der Waals surface area contributed by atoms with Gasteiger partial charge in [0.15, 0.2) is 0 Å². The van der Waals surface area contributed by atoms with Crippen LogP contribution in [0.25, 0.3) is 10.9 Å². The minimum atomic E-state index is -0.282. The predicted octanol–water partition coefficient (Wildman–Crippen LogP) is 4.76. The Morgan fingerprint density at radius 2 is 1.91 bits per heavy atom. The first-order valence-electron chi connectivity index (χ1n) is 6.78. The molecule has 0 spiro atoms. The second-order valence-corrected chi connectivity index (χ2v) is 5.76. The Bertz CT molecular complexity index is 826. The third-order valence-electron chi connectivity index (χ3n) is 3.39. The number of benzene rings is 2. The van der Waals surface area contributed by atoms with Crippen LogP contribution in [0.3, 0.4) is 0 Å². The summed E-state index contributed by atoms with van der Waals surface area (Å²) >= 11 is 11.8. The molecule has 1 aromatic heterocycles. The van der Waals surface area contributed by atoms with Gasteiger partial charge in [-0.25, -0.2) is 0 Å². The van der Waals surface area contributed by atoms with Crippen LogP contribution in [0, 0.1) is 0 Å². The third kappa shape index (κ3) is 3.26. The standard InChI is InChI=1S/C17H13Cl2NO2/c18-14-6-5-11(7-15(14)19)10-22-17(21)8-12-9-20-16-4-2-1-3-13(12)16/h1-7,9,20H,8,10H2. The Balaban J connectivity index is 1.64. The summed E-state index contributed by atoms with van der Waals surface area (Å²) < 4.78 is 5.29. The molecule has 1 heterocycles. The van der Waals surface area contributed by atoms with Gasteiger partial charge in [0.25, 0.3) is 0 Å². The van der Waals surface area contributed by atoms with Gasteiger partial charge in [-0.15, -0.1) is 0 Å². The van der Waals surface area contributed by atoms with Crippen molar-refractivity contribution in [3.05, 3.63) is 69.8 Å². The van der Waals surface area contributed by atoms with Crippen molar-refractivity contribution in [1.29, 1.82) is 0 Å². The van der Waals surface area contributed by atoms with Gasteiger partial charge >= 0.3 is 5.97 Å². The van der Waals surface area contributed by atoms with Crippen molar-refractivity contribution in [3.63, 3.8) is 0 Å². The minimum absolute atomic E-state index is 0.179. The summed E-state index contributed by atoms with van der Waals surface area (Å²) in [6, 6.07) is 13.0. The van der Waals surface area contributed by atoms with Crippen molar-refractivity contribution in [2.75, 3.05) is 0 Å². The zero-order valence-corrected chi connectivity index (χ0v) is 13.1. The number of fused-ring (bicyclic) bond motifs is 1. The van der Waals surface area contributed by atoms with Crippen LogP contribution in [0.15, 0.2) is 48.7 Å². The Kier molecular flexibility index (Phi) is 4.36. The SMILES string of the molecule is O=C(Cc1c[nH]c2ccccc12)OCc1ccc(Cl)c(Cl)c1. The Hall–Kier alpha value is -1.97. The number of halogens is 2. The number of aromatic amines is 1. The summed E-state index contributed by atoms with van der Waals surface area (Å²) in [5.74, 6) is -0.282. The van der Waals surface area contributed by atoms with E-state index in [9.17, 15) is 4.79 Å². The fourth-order valence-electron chi connectivity index (χ4n) is 2.28. The van der Waals surface area contributed by atoms with E-state index in [1.54, 1.807) is 18.2 Å². The number of H-pyrrole nitrogens is 1. The molecule has 5 heteroatoms. The zero-order valence-electron chi connectivity index (χ0n) is 11.6. The fourth-order valence-corrected chi connectivity index (χ4v) is 2.60. The van der Waals surface area contributed by atoms with Crippen LogP contribution in [0.4, 0.5) is 0 Å². The number of nitrogens with one attached hydrogen (secondary N) is 1. The first-order valence-corrected chi connectivity index (χ1v) is 7.53. The molecule has 0 saturated heterocycles. The molecule has 0 aliphatic heterocycles. The lowest BCUT2D eigenvalue weighted by atomic mass is 10.1. The largest absolute Gasteiger partial charge is 0.461 e. The molecular formula is C17H13Cl2NO2. The maximum absolute atomic E-state index is 12.0. The smallest absolute Gasteiger partial charge is 0.310 e. The molecule has 0 unspecified atom stereocenters. The topological polar surface area (TPSA) is 42.1 Å². The molecule has 0 saturated carbocycles. The zero-order chi connectivity index (χ0) is 15.5. The monoisotopic (exact) mass is 333 g/mol. The highest BCUT2D eigenvalue weighted by Gasteiger charge is 2.10. The van der Waals surface area contributed by atoms with Gasteiger partial charge < -0.3 is 9.72 Å². The maximum Gasteiger partial charge on any atom is 0.310 e. The van der Waals surface area contributed by atoms with Gasteiger partial charge in [0.1, 0.15) is 6.61 Å². The van der Waals surface area contributed by atoms with Gasteiger partial charge in [0.2, 0.25) is 0 Å². The normalized spacial score (nSPS) is 10.8. The molecule has 3 aromatic rings. The fraction of sp³-hybridized carbons (Fsp3) is 0.118. The summed E-state index contributed by atoms with van der Waals surface area (Å²) in [6.07, 6.45) is 2.07. The Morgan fingerprint density at radius 3 is 2.73 bits per heavy atom. The van der Waals surface area contributed by atoms with E-state index < -0.39 is 0 Å². The molecule has 3 nitrogen and oxygen atoms in total. The van der Waals surface area contributed by atoms with Crippen molar-refractivity contribution in [2.45, 2.75) is 13.0 Å². The number of hydrogen-bond acceptors (Lipinski definition) is 2. The van der Waals surface area contributed by atoms with Crippen molar-refractivity contribution < 1.29 is 9.53 Å². The number of hydrogen-bond donors (Lipinski definition) is 1. The van der Waals surface area contributed by atoms with Crippen LogP contribution in [0.2, 0.25) is 10.0 Å². The van der Waals surface area contributed by atoms with Crippen molar-refractivity contribution in [1.82, 2.24) is 4.98 Å². The summed E-state index contributed by atoms with van der Waals surface area (Å²) in [5.41, 5.74) is 2.74. The second-order valence-electron chi connectivity index (χ2n) is 4.95. The number of ether oxygens (including phenoxy) is 1. The highest BCUT2D eigenvalue weighted by atomic mass is 35.5. The molecule has 0 atom stereocenters. The molecule has 0 fully saturated rings. The highest BCUT2D eigenvalue weighted by molar-refractivity contribution is 6.42. The molecule has 0 amide bonds. The average Bonchev–Trinajstić information content (AvgIpc) is 2.92. The van der Waals surface area contributed by atoms with Gasteiger partial charge in [-0.2, -0.15) is 0 Å². The van der Waals surface area contributed by atoms with Gasteiger partial charge in [-0.1, -0.05) is 47.5 Å². The van der Waals surface area contributed by atoms with E-state index in [0.717, 1.165) is 22.0 Å². The lowest BCUT2D eigenvalue weighted by molar-refractivity contribution is -0.144. The molecule has 0 aliphatic carbocycles. The third-order valence-corrected chi connectivity index (χ3v) is 4.13. The molecule has 0 radical (unpaired) electrons. The molecular weight excluding hydrogens is 321 g/mol. The van der Waals surface area contributed by atoms with E-state index in [0.29, 0.717) is 10.0 Å². The molecule has 112 valence electrons. The number of carbonyl (C=O) groups is 1. The number of aromatic nitrogens is 1. The van der Waals surface area contributed by atoms with Gasteiger partial charge in [-0.3, -0.25) is 4.79 Å². The molecule has 3 rings (SSSR count). The quantitative estimate of drug-likeness (QED) is 0.699.